The molecule has 2 N–H and O–H groups in total. The Labute approximate surface area is 107 Å². The molecule has 3 rings (SSSR count). The van der Waals surface area contributed by atoms with Gasteiger partial charge in [0.05, 0.1) is 5.69 Å². The van der Waals surface area contributed by atoms with E-state index in [2.05, 4.69) is 48.4 Å². The molecule has 0 aliphatic carbocycles. The Bertz CT molecular complexity index is 531. The lowest BCUT2D eigenvalue weighted by molar-refractivity contribution is 0.284. The summed E-state index contributed by atoms with van der Waals surface area (Å²) >= 11 is 0. The first-order valence-electron chi connectivity index (χ1n) is 6.40. The number of aromatic nitrogens is 1. The third-order valence-corrected chi connectivity index (χ3v) is 3.40. The highest BCUT2D eigenvalue weighted by molar-refractivity contribution is 5.60. The summed E-state index contributed by atoms with van der Waals surface area (Å²) in [6.07, 6.45) is 1.94. The average Bonchev–Trinajstić information content (AvgIpc) is 2.91. The number of ether oxygens (including phenoxy) is 1. The number of H-pyrrole nitrogens is 1. The van der Waals surface area contributed by atoms with E-state index in [9.17, 15) is 0 Å². The third kappa shape index (κ3) is 1.96. The summed E-state index contributed by atoms with van der Waals surface area (Å²) in [5, 5.41) is 3.54. The lowest BCUT2D eigenvalue weighted by Crippen LogP contribution is -2.24. The second-order valence-electron chi connectivity index (χ2n) is 5.04. The van der Waals surface area contributed by atoms with Crippen LogP contribution in [0.5, 0.6) is 5.75 Å². The molecule has 0 radical (unpaired) electrons. The molecule has 1 atom stereocenters. The van der Waals surface area contributed by atoms with Crippen molar-refractivity contribution in [3.05, 3.63) is 47.8 Å². The molecule has 0 saturated carbocycles. The summed E-state index contributed by atoms with van der Waals surface area (Å²) in [4.78, 5) is 3.23. The Balaban J connectivity index is 1.89. The quantitative estimate of drug-likeness (QED) is 0.842. The fourth-order valence-electron chi connectivity index (χ4n) is 2.28. The SMILES string of the molecule is CC(C)c1ccc2c(c1)NC(c1ccc[nH]1)CO2. The zero-order valence-corrected chi connectivity index (χ0v) is 10.7. The highest BCUT2D eigenvalue weighted by atomic mass is 16.5. The molecule has 0 fully saturated rings. The van der Waals surface area contributed by atoms with Gasteiger partial charge in [0.1, 0.15) is 18.4 Å². The Morgan fingerprint density at radius 3 is 2.89 bits per heavy atom. The third-order valence-electron chi connectivity index (χ3n) is 3.40. The van der Waals surface area contributed by atoms with Gasteiger partial charge in [0.15, 0.2) is 0 Å². The maximum atomic E-state index is 5.81. The van der Waals surface area contributed by atoms with Gasteiger partial charge in [-0.2, -0.15) is 0 Å². The molecule has 0 bridgehead atoms. The summed E-state index contributed by atoms with van der Waals surface area (Å²) in [6, 6.07) is 10.7. The van der Waals surface area contributed by atoms with Gasteiger partial charge in [-0.1, -0.05) is 19.9 Å². The number of hydrogen-bond acceptors (Lipinski definition) is 2. The molecule has 2 aromatic rings. The number of hydrogen-bond donors (Lipinski definition) is 2. The molecule has 1 aliphatic heterocycles. The Morgan fingerprint density at radius 1 is 1.28 bits per heavy atom. The van der Waals surface area contributed by atoms with Crippen LogP contribution in [0, 0.1) is 0 Å². The molecule has 1 aliphatic rings. The molecule has 3 heteroatoms. The van der Waals surface area contributed by atoms with Crippen molar-refractivity contribution >= 4 is 5.69 Å². The van der Waals surface area contributed by atoms with Crippen LogP contribution in [0.4, 0.5) is 5.69 Å². The van der Waals surface area contributed by atoms with Crippen LogP contribution in [0.3, 0.4) is 0 Å². The lowest BCUT2D eigenvalue weighted by Gasteiger charge is -2.27. The van der Waals surface area contributed by atoms with Crippen LogP contribution in [-0.2, 0) is 0 Å². The van der Waals surface area contributed by atoms with Gasteiger partial charge in [0.2, 0.25) is 0 Å². The predicted octanol–water partition coefficient (Wildman–Crippen LogP) is 3.68. The maximum absolute atomic E-state index is 5.81. The fraction of sp³-hybridized carbons (Fsp3) is 0.333. The van der Waals surface area contributed by atoms with Crippen LogP contribution in [0.15, 0.2) is 36.5 Å². The summed E-state index contributed by atoms with van der Waals surface area (Å²) in [5.74, 6) is 1.48. The van der Waals surface area contributed by atoms with E-state index in [1.165, 1.54) is 5.56 Å². The van der Waals surface area contributed by atoms with Crippen LogP contribution < -0.4 is 10.1 Å². The van der Waals surface area contributed by atoms with Crippen LogP contribution in [0.1, 0.15) is 37.1 Å². The van der Waals surface area contributed by atoms with E-state index in [0.717, 1.165) is 17.1 Å². The zero-order chi connectivity index (χ0) is 12.5. The largest absolute Gasteiger partial charge is 0.489 e. The molecule has 0 spiro atoms. The van der Waals surface area contributed by atoms with Crippen molar-refractivity contribution in [1.82, 2.24) is 4.98 Å². The van der Waals surface area contributed by atoms with Gasteiger partial charge in [0, 0.05) is 11.9 Å². The van der Waals surface area contributed by atoms with Crippen LogP contribution in [0.2, 0.25) is 0 Å². The number of rotatable bonds is 2. The van der Waals surface area contributed by atoms with Gasteiger partial charge >= 0.3 is 0 Å². The predicted molar refractivity (Wildman–Crippen MR) is 73.2 cm³/mol. The average molecular weight is 242 g/mol. The molecule has 2 heterocycles. The van der Waals surface area contributed by atoms with E-state index in [0.29, 0.717) is 12.5 Å². The topological polar surface area (TPSA) is 37.0 Å². The van der Waals surface area contributed by atoms with Gasteiger partial charge in [-0.3, -0.25) is 0 Å². The van der Waals surface area contributed by atoms with Gasteiger partial charge in [-0.15, -0.1) is 0 Å². The van der Waals surface area contributed by atoms with Crippen molar-refractivity contribution in [1.29, 1.82) is 0 Å². The normalized spacial score (nSPS) is 18.1. The van der Waals surface area contributed by atoms with Crippen LogP contribution in [-0.4, -0.2) is 11.6 Å². The molecule has 1 aromatic carbocycles. The van der Waals surface area contributed by atoms with E-state index in [4.69, 9.17) is 4.74 Å². The van der Waals surface area contributed by atoms with E-state index in [1.54, 1.807) is 0 Å². The fourth-order valence-corrected chi connectivity index (χ4v) is 2.28. The number of benzene rings is 1. The number of aromatic amines is 1. The van der Waals surface area contributed by atoms with E-state index in [1.807, 2.05) is 12.3 Å². The molecule has 1 unspecified atom stereocenters. The first-order valence-corrected chi connectivity index (χ1v) is 6.40. The first kappa shape index (κ1) is 11.2. The van der Waals surface area contributed by atoms with Crippen molar-refractivity contribution in [2.24, 2.45) is 0 Å². The molecule has 18 heavy (non-hydrogen) atoms. The standard InChI is InChI=1S/C15H18N2O/c1-10(2)11-5-6-15-13(8-11)17-14(9-18-15)12-4-3-7-16-12/h3-8,10,14,16-17H,9H2,1-2H3. The number of fused-ring (bicyclic) bond motifs is 1. The molecule has 1 aromatic heterocycles. The van der Waals surface area contributed by atoms with E-state index in [-0.39, 0.29) is 6.04 Å². The highest BCUT2D eigenvalue weighted by Gasteiger charge is 2.21. The number of anilines is 1. The molecule has 0 amide bonds. The Hall–Kier alpha value is -1.90. The summed E-state index contributed by atoms with van der Waals surface area (Å²) in [7, 11) is 0. The minimum atomic E-state index is 0.204. The van der Waals surface area contributed by atoms with Gasteiger partial charge in [0.25, 0.3) is 0 Å². The van der Waals surface area contributed by atoms with Crippen LogP contribution >= 0.6 is 0 Å². The Kier molecular flexibility index (Phi) is 2.74. The molecular weight excluding hydrogens is 224 g/mol. The van der Waals surface area contributed by atoms with Crippen molar-refractivity contribution in [2.75, 3.05) is 11.9 Å². The second kappa shape index (κ2) is 4.41. The van der Waals surface area contributed by atoms with E-state index < -0.39 is 0 Å². The first-order chi connectivity index (χ1) is 8.74. The lowest BCUT2D eigenvalue weighted by atomic mass is 10.0. The van der Waals surface area contributed by atoms with Gasteiger partial charge in [-0.05, 0) is 35.7 Å². The number of nitrogens with one attached hydrogen (secondary N) is 2. The second-order valence-corrected chi connectivity index (χ2v) is 5.04. The maximum Gasteiger partial charge on any atom is 0.142 e. The zero-order valence-electron chi connectivity index (χ0n) is 10.7. The minimum absolute atomic E-state index is 0.204. The monoisotopic (exact) mass is 242 g/mol. The molecule has 3 nitrogen and oxygen atoms in total. The highest BCUT2D eigenvalue weighted by Crippen LogP contribution is 2.35. The Morgan fingerprint density at radius 2 is 2.17 bits per heavy atom. The molecule has 0 saturated heterocycles. The van der Waals surface area contributed by atoms with Gasteiger partial charge < -0.3 is 15.0 Å². The van der Waals surface area contributed by atoms with Crippen molar-refractivity contribution in [3.63, 3.8) is 0 Å². The molecular formula is C15H18N2O. The van der Waals surface area contributed by atoms with Crippen molar-refractivity contribution < 1.29 is 4.74 Å². The minimum Gasteiger partial charge on any atom is -0.489 e. The molecule has 94 valence electrons. The van der Waals surface area contributed by atoms with Crippen molar-refractivity contribution in [2.45, 2.75) is 25.8 Å². The van der Waals surface area contributed by atoms with Crippen LogP contribution in [0.25, 0.3) is 0 Å². The summed E-state index contributed by atoms with van der Waals surface area (Å²) in [6.45, 7) is 5.07. The summed E-state index contributed by atoms with van der Waals surface area (Å²) in [5.41, 5.74) is 3.58. The van der Waals surface area contributed by atoms with Crippen molar-refractivity contribution in [3.8, 4) is 5.75 Å². The van der Waals surface area contributed by atoms with Gasteiger partial charge in [-0.25, -0.2) is 0 Å². The van der Waals surface area contributed by atoms with E-state index >= 15 is 0 Å². The summed E-state index contributed by atoms with van der Waals surface area (Å²) < 4.78 is 5.81. The smallest absolute Gasteiger partial charge is 0.142 e.